The van der Waals surface area contributed by atoms with E-state index in [-0.39, 0.29) is 12.7 Å². The van der Waals surface area contributed by atoms with Crippen molar-refractivity contribution in [2.24, 2.45) is 0 Å². The minimum absolute atomic E-state index is 0.0289. The Labute approximate surface area is 76.9 Å². The molecule has 0 aromatic carbocycles. The average molecular weight is 191 g/mol. The molecule has 0 aliphatic rings. The lowest BCUT2D eigenvalue weighted by Crippen LogP contribution is -2.24. The van der Waals surface area contributed by atoms with Crippen LogP contribution in [0.1, 0.15) is 13.3 Å². The molecule has 0 aliphatic carbocycles. The molecule has 3 nitrogen and oxygen atoms in total. The van der Waals surface area contributed by atoms with Gasteiger partial charge in [-0.05, 0) is 39.5 Å². The minimum Gasteiger partial charge on any atom is -0.415 e. The first kappa shape index (κ1) is 12.1. The van der Waals surface area contributed by atoms with Crippen LogP contribution in [0.3, 0.4) is 0 Å². The van der Waals surface area contributed by atoms with Gasteiger partial charge in [0, 0.05) is 0 Å². The first-order valence-corrected chi connectivity index (χ1v) is 7.05. The lowest BCUT2D eigenvalue weighted by molar-refractivity contribution is 0.129. The molecular weight excluding hydrogens is 170 g/mol. The van der Waals surface area contributed by atoms with Gasteiger partial charge in [0.1, 0.15) is 0 Å². The second-order valence-corrected chi connectivity index (χ2v) is 5.66. The standard InChI is InChI=1S/C8H21NO2Si/c1-8(7-10)11-12(3)6-4-5-9-2/h8-10,12H,4-7H2,1-3H3. The highest BCUT2D eigenvalue weighted by atomic mass is 28.3. The smallest absolute Gasteiger partial charge is 0.174 e. The van der Waals surface area contributed by atoms with E-state index in [4.69, 9.17) is 9.53 Å². The number of rotatable bonds is 7. The Hall–Kier alpha value is 0.0969. The van der Waals surface area contributed by atoms with Crippen molar-refractivity contribution < 1.29 is 9.53 Å². The van der Waals surface area contributed by atoms with Gasteiger partial charge in [-0.15, -0.1) is 0 Å². The summed E-state index contributed by atoms with van der Waals surface area (Å²) >= 11 is 0. The van der Waals surface area contributed by atoms with E-state index in [9.17, 15) is 0 Å². The van der Waals surface area contributed by atoms with Gasteiger partial charge in [-0.2, -0.15) is 0 Å². The molecule has 0 saturated heterocycles. The zero-order valence-corrected chi connectivity index (χ0v) is 9.49. The summed E-state index contributed by atoms with van der Waals surface area (Å²) in [6.45, 7) is 5.31. The Kier molecular flexibility index (Phi) is 7.79. The molecule has 0 aliphatic heterocycles. The number of hydrogen-bond donors (Lipinski definition) is 2. The van der Waals surface area contributed by atoms with Crippen LogP contribution >= 0.6 is 0 Å². The third kappa shape index (κ3) is 6.79. The SMILES string of the molecule is CNCCC[SiH](C)OC(C)CO. The quantitative estimate of drug-likeness (QED) is 0.451. The lowest BCUT2D eigenvalue weighted by atomic mass is 10.5. The van der Waals surface area contributed by atoms with Crippen molar-refractivity contribution in [3.05, 3.63) is 0 Å². The third-order valence-corrected chi connectivity index (χ3v) is 3.91. The second kappa shape index (κ2) is 7.73. The summed E-state index contributed by atoms with van der Waals surface area (Å²) < 4.78 is 5.61. The van der Waals surface area contributed by atoms with Gasteiger partial charge in [0.15, 0.2) is 9.04 Å². The highest BCUT2D eigenvalue weighted by molar-refractivity contribution is 6.50. The minimum atomic E-state index is -1.01. The lowest BCUT2D eigenvalue weighted by Gasteiger charge is -2.16. The largest absolute Gasteiger partial charge is 0.415 e. The molecule has 0 rings (SSSR count). The molecule has 0 fully saturated rings. The first-order chi connectivity index (χ1) is 5.70. The summed E-state index contributed by atoms with van der Waals surface area (Å²) in [4.78, 5) is 0. The molecule has 2 unspecified atom stereocenters. The van der Waals surface area contributed by atoms with Crippen molar-refractivity contribution in [3.8, 4) is 0 Å². The summed E-state index contributed by atoms with van der Waals surface area (Å²) in [5.41, 5.74) is 0. The summed E-state index contributed by atoms with van der Waals surface area (Å²) in [7, 11) is 0.952. The topological polar surface area (TPSA) is 41.5 Å². The van der Waals surface area contributed by atoms with E-state index in [1.807, 2.05) is 14.0 Å². The van der Waals surface area contributed by atoms with Crippen LogP contribution in [0.15, 0.2) is 0 Å². The van der Waals surface area contributed by atoms with Crippen molar-refractivity contribution in [1.29, 1.82) is 0 Å². The van der Waals surface area contributed by atoms with Crippen LogP contribution in [-0.2, 0) is 4.43 Å². The fourth-order valence-corrected chi connectivity index (χ4v) is 2.87. The predicted octanol–water partition coefficient (Wildman–Crippen LogP) is 0.347. The maximum atomic E-state index is 8.74. The molecule has 0 aromatic heterocycles. The van der Waals surface area contributed by atoms with Gasteiger partial charge in [-0.25, -0.2) is 0 Å². The van der Waals surface area contributed by atoms with E-state index >= 15 is 0 Å². The highest BCUT2D eigenvalue weighted by Gasteiger charge is 2.08. The maximum absolute atomic E-state index is 8.74. The number of aliphatic hydroxyl groups is 1. The van der Waals surface area contributed by atoms with Gasteiger partial charge in [0.25, 0.3) is 0 Å². The van der Waals surface area contributed by atoms with Crippen LogP contribution in [-0.4, -0.2) is 40.5 Å². The molecule has 0 radical (unpaired) electrons. The molecule has 0 bridgehead atoms. The first-order valence-electron chi connectivity index (χ1n) is 4.61. The van der Waals surface area contributed by atoms with Crippen molar-refractivity contribution >= 4 is 9.04 Å². The molecule has 2 N–H and O–H groups in total. The van der Waals surface area contributed by atoms with Crippen LogP contribution in [0, 0.1) is 0 Å². The van der Waals surface area contributed by atoms with E-state index in [0.717, 1.165) is 6.54 Å². The Morgan fingerprint density at radius 3 is 2.75 bits per heavy atom. The highest BCUT2D eigenvalue weighted by Crippen LogP contribution is 2.01. The Balaban J connectivity index is 3.26. The Bertz CT molecular complexity index is 103. The second-order valence-electron chi connectivity index (χ2n) is 3.19. The zero-order chi connectivity index (χ0) is 9.40. The molecular formula is C8H21NO2Si. The van der Waals surface area contributed by atoms with Gasteiger partial charge in [-0.1, -0.05) is 0 Å². The van der Waals surface area contributed by atoms with Gasteiger partial charge >= 0.3 is 0 Å². The van der Waals surface area contributed by atoms with E-state index in [1.165, 1.54) is 12.5 Å². The third-order valence-electron chi connectivity index (χ3n) is 1.76. The van der Waals surface area contributed by atoms with Gasteiger partial charge in [0.2, 0.25) is 0 Å². The summed E-state index contributed by atoms with van der Waals surface area (Å²) in [5, 5.41) is 11.8. The van der Waals surface area contributed by atoms with Gasteiger partial charge < -0.3 is 14.8 Å². The summed E-state index contributed by atoms with van der Waals surface area (Å²) in [6.07, 6.45) is 1.21. The van der Waals surface area contributed by atoms with Crippen LogP contribution in [0.5, 0.6) is 0 Å². The van der Waals surface area contributed by atoms with Crippen molar-refractivity contribution in [2.75, 3.05) is 20.2 Å². The number of hydrogen-bond acceptors (Lipinski definition) is 3. The molecule has 12 heavy (non-hydrogen) atoms. The zero-order valence-electron chi connectivity index (χ0n) is 8.34. The van der Waals surface area contributed by atoms with E-state index < -0.39 is 9.04 Å². The molecule has 0 saturated carbocycles. The average Bonchev–Trinajstić information content (AvgIpc) is 2.05. The normalized spacial score (nSPS) is 16.0. The van der Waals surface area contributed by atoms with Crippen LogP contribution in [0.2, 0.25) is 12.6 Å². The van der Waals surface area contributed by atoms with Crippen LogP contribution < -0.4 is 5.32 Å². The summed E-state index contributed by atoms with van der Waals surface area (Å²) in [6, 6.07) is 1.19. The molecule has 0 heterocycles. The molecule has 4 heteroatoms. The van der Waals surface area contributed by atoms with E-state index in [0.29, 0.717) is 0 Å². The molecule has 0 spiro atoms. The summed E-state index contributed by atoms with van der Waals surface area (Å²) in [5.74, 6) is 0. The van der Waals surface area contributed by atoms with Crippen molar-refractivity contribution in [1.82, 2.24) is 5.32 Å². The molecule has 0 amide bonds. The van der Waals surface area contributed by atoms with Crippen molar-refractivity contribution in [3.63, 3.8) is 0 Å². The molecule has 2 atom stereocenters. The van der Waals surface area contributed by atoms with Gasteiger partial charge in [0.05, 0.1) is 12.7 Å². The van der Waals surface area contributed by atoms with E-state index in [1.54, 1.807) is 0 Å². The maximum Gasteiger partial charge on any atom is 0.174 e. The Morgan fingerprint density at radius 1 is 1.58 bits per heavy atom. The van der Waals surface area contributed by atoms with Crippen LogP contribution in [0.4, 0.5) is 0 Å². The van der Waals surface area contributed by atoms with Crippen molar-refractivity contribution in [2.45, 2.75) is 32.0 Å². The van der Waals surface area contributed by atoms with E-state index in [2.05, 4.69) is 11.9 Å². The fraction of sp³-hybridized carbons (Fsp3) is 1.00. The monoisotopic (exact) mass is 191 g/mol. The number of aliphatic hydroxyl groups excluding tert-OH is 1. The fourth-order valence-electron chi connectivity index (χ4n) is 1.07. The van der Waals surface area contributed by atoms with Crippen LogP contribution in [0.25, 0.3) is 0 Å². The Morgan fingerprint density at radius 2 is 2.25 bits per heavy atom. The molecule has 74 valence electrons. The predicted molar refractivity (Wildman–Crippen MR) is 54.0 cm³/mol. The van der Waals surface area contributed by atoms with Gasteiger partial charge in [-0.3, -0.25) is 0 Å². The number of nitrogens with one attached hydrogen (secondary N) is 1. The molecule has 0 aromatic rings.